The highest BCUT2D eigenvalue weighted by Gasteiger charge is 2.38. The molecule has 2 N–H and O–H groups in total. The molecule has 0 fully saturated rings. The molecule has 0 saturated heterocycles. The third-order valence-electron chi connectivity index (χ3n) is 22.0. The summed E-state index contributed by atoms with van der Waals surface area (Å²) in [7, 11) is 0.731. The minimum atomic E-state index is -0.159. The topological polar surface area (TPSA) is 65.0 Å². The highest BCUT2D eigenvalue weighted by Crippen LogP contribution is 2.51. The number of hydrogen-bond acceptors (Lipinski definition) is 2. The van der Waals surface area contributed by atoms with Crippen molar-refractivity contribution in [1.29, 1.82) is 0 Å². The van der Waals surface area contributed by atoms with Gasteiger partial charge in [-0.05, 0) is 146 Å². The summed E-state index contributed by atoms with van der Waals surface area (Å²) in [6.45, 7) is 13.8. The zero-order chi connectivity index (χ0) is 70.0. The Morgan fingerprint density at radius 2 is 0.612 bits per heavy atom. The lowest BCUT2D eigenvalue weighted by Crippen LogP contribution is -2.26. The monoisotopic (exact) mass is 1460 g/mol. The Morgan fingerprint density at radius 1 is 0.291 bits per heavy atom. The van der Waals surface area contributed by atoms with Crippen LogP contribution in [0.25, 0.3) is 132 Å². The molecule has 0 bridgehead atoms. The highest BCUT2D eigenvalue weighted by atomic mass is 79.9. The molecule has 0 atom stereocenters. The van der Waals surface area contributed by atoms with Gasteiger partial charge in [-0.1, -0.05) is 270 Å². The van der Waals surface area contributed by atoms with E-state index in [1.807, 2.05) is 18.2 Å². The van der Waals surface area contributed by atoms with Gasteiger partial charge < -0.3 is 32.9 Å². The minimum Gasteiger partial charge on any atom is -0.537 e. The van der Waals surface area contributed by atoms with Crippen molar-refractivity contribution in [2.24, 2.45) is 0 Å². The first-order valence-corrected chi connectivity index (χ1v) is 36.7. The second-order valence-electron chi connectivity index (χ2n) is 28.7. The van der Waals surface area contributed by atoms with Gasteiger partial charge in [-0.2, -0.15) is 0 Å². The molecule has 10 heteroatoms. The molecule has 0 amide bonds. The highest BCUT2D eigenvalue weighted by molar-refractivity contribution is 9.10. The number of aromatic nitrogens is 5. The first kappa shape index (κ1) is 64.0. The van der Waals surface area contributed by atoms with Crippen LogP contribution in [0.2, 0.25) is 0 Å². The average molecular weight is 1460 g/mol. The van der Waals surface area contributed by atoms with Crippen LogP contribution < -0.4 is 4.65 Å². The second-order valence-corrected chi connectivity index (χ2v) is 30.4. The molecule has 0 aliphatic carbocycles. The van der Waals surface area contributed by atoms with Gasteiger partial charge >= 0.3 is 7.69 Å². The number of H-pyrrole nitrogens is 1. The smallest absolute Gasteiger partial charge is 0.537 e. The van der Waals surface area contributed by atoms with Gasteiger partial charge in [-0.15, -0.1) is 0 Å². The maximum absolute atomic E-state index is 8.99. The van der Waals surface area contributed by atoms with Crippen molar-refractivity contribution >= 4 is 149 Å². The van der Waals surface area contributed by atoms with E-state index in [-0.39, 0.29) is 16.2 Å². The summed E-state index contributed by atoms with van der Waals surface area (Å²) in [5, 5.41) is 22.1. The van der Waals surface area contributed by atoms with Crippen LogP contribution in [0.1, 0.15) is 74.9 Å². The standard InChI is InChI=1S/C21H17BNO2.C21H16BrN.C21H17N.C18H12BrN.C12H9N/c1-21(2)16-8-5-7-15-14-6-3-4-9-18(14)23(20(15)16)19-11-10-13(25-22-24)12-17(19)21;1-21(2)16-8-5-7-15-14-6-3-4-9-18(14)23(20(15)16)19-11-10-13(22)12-17(19)21;1-21(2)16-10-4-6-13-19(16)22-18-12-5-3-8-14(18)15-9-7-11-17(21)20(15)22;19-15-9-3-6-12-18(15)20-16-10-4-1-7-13(16)14-8-2-5-11-17(14)20;1-3-7-11-9(5-1)10-6-2-4-8-12(10)13-11/h3-12,24H,1-2H3;3-12H,1-2H3;3-13H,1-2H3;1-12H;1-8,13H. The molecule has 8 heterocycles. The largest absolute Gasteiger partial charge is 0.569 e. The van der Waals surface area contributed by atoms with E-state index in [1.165, 1.54) is 165 Å². The molecule has 3 aliphatic rings. The van der Waals surface area contributed by atoms with Crippen LogP contribution in [0, 0.1) is 0 Å². The molecular formula is C93H71BBr2N5O2. The fourth-order valence-corrected chi connectivity index (χ4v) is 17.9. The number of nitrogens with one attached hydrogen (secondary N) is 1. The van der Waals surface area contributed by atoms with E-state index in [0.717, 1.165) is 16.6 Å². The van der Waals surface area contributed by atoms with E-state index in [1.54, 1.807) is 0 Å². The van der Waals surface area contributed by atoms with Crippen LogP contribution in [0.15, 0.2) is 318 Å². The molecule has 3 aliphatic heterocycles. The van der Waals surface area contributed by atoms with Crippen LogP contribution in [0.3, 0.4) is 0 Å². The van der Waals surface area contributed by atoms with Crippen LogP contribution in [-0.2, 0) is 16.2 Å². The number of nitrogens with zero attached hydrogens (tertiary/aromatic N) is 4. The third-order valence-corrected chi connectivity index (χ3v) is 23.1. The van der Waals surface area contributed by atoms with Crippen molar-refractivity contribution in [2.45, 2.75) is 57.8 Å². The number of fused-ring (bicyclic) bond motifs is 21. The summed E-state index contributed by atoms with van der Waals surface area (Å²) in [6.07, 6.45) is 0. The summed E-state index contributed by atoms with van der Waals surface area (Å²) in [5.41, 5.74) is 25.6. The van der Waals surface area contributed by atoms with Crippen molar-refractivity contribution in [3.8, 4) is 28.5 Å². The Morgan fingerprint density at radius 3 is 1.06 bits per heavy atom. The Hall–Kier alpha value is -11.1. The number of halogens is 2. The zero-order valence-electron chi connectivity index (χ0n) is 57.9. The number of hydrogen-bond donors (Lipinski definition) is 2. The summed E-state index contributed by atoms with van der Waals surface area (Å²) < 4.78 is 17.0. The molecule has 103 heavy (non-hydrogen) atoms. The Labute approximate surface area is 615 Å². The molecule has 0 saturated carbocycles. The first-order valence-electron chi connectivity index (χ1n) is 35.2. The number of aromatic amines is 1. The van der Waals surface area contributed by atoms with Gasteiger partial charge in [0.1, 0.15) is 5.75 Å². The van der Waals surface area contributed by atoms with E-state index in [2.05, 4.69) is 388 Å². The molecule has 1 radical (unpaired) electrons. The van der Waals surface area contributed by atoms with E-state index >= 15 is 0 Å². The molecule has 19 aromatic rings. The third kappa shape index (κ3) is 10.1. The second kappa shape index (κ2) is 24.8. The quantitative estimate of drug-likeness (QED) is 0.173. The van der Waals surface area contributed by atoms with Crippen molar-refractivity contribution in [1.82, 2.24) is 23.3 Å². The lowest BCUT2D eigenvalue weighted by Gasteiger charge is -2.35. The van der Waals surface area contributed by atoms with Crippen molar-refractivity contribution < 1.29 is 9.68 Å². The van der Waals surface area contributed by atoms with E-state index in [4.69, 9.17) is 9.68 Å². The van der Waals surface area contributed by atoms with Crippen molar-refractivity contribution in [3.63, 3.8) is 0 Å². The number of benzene rings is 14. The van der Waals surface area contributed by atoms with Crippen molar-refractivity contribution in [3.05, 3.63) is 352 Å². The van der Waals surface area contributed by atoms with Crippen LogP contribution in [0.5, 0.6) is 5.75 Å². The van der Waals surface area contributed by atoms with Crippen molar-refractivity contribution in [2.75, 3.05) is 0 Å². The average Bonchev–Trinajstić information content (AvgIpc) is 1.58. The maximum atomic E-state index is 8.99. The van der Waals surface area contributed by atoms with Crippen LogP contribution in [-0.4, -0.2) is 36.0 Å². The van der Waals surface area contributed by atoms with Gasteiger partial charge in [0.15, 0.2) is 0 Å². The van der Waals surface area contributed by atoms with Gasteiger partial charge in [0.25, 0.3) is 0 Å². The minimum absolute atomic E-state index is 0.0109. The summed E-state index contributed by atoms with van der Waals surface area (Å²) in [6, 6.07) is 110. The molecule has 14 aromatic carbocycles. The lowest BCUT2D eigenvalue weighted by molar-refractivity contribution is 0.452. The molecule has 0 spiro atoms. The SMILES string of the molecule is Brc1ccccc1-n1c2ccccc2c2ccccc21.CC1(C)c2cc(Br)ccc2-n2c3ccccc3c3cccc1c32.CC1(C)c2cc(O[B]O)ccc2-n2c3ccccc3c3cccc1c32.CC1(C)c2ccccc2-n2c3ccccc3c3cccc1c32.c1ccc2c(c1)[nH]c1ccccc12. The number of rotatable bonds is 3. The fourth-order valence-electron chi connectivity index (χ4n) is 17.1. The first-order chi connectivity index (χ1) is 50.2. The normalized spacial score (nSPS) is 13.7. The summed E-state index contributed by atoms with van der Waals surface area (Å²) >= 11 is 7.32. The van der Waals surface area contributed by atoms with Crippen LogP contribution in [0.4, 0.5) is 0 Å². The van der Waals surface area contributed by atoms with Crippen LogP contribution >= 0.6 is 31.9 Å². The predicted octanol–water partition coefficient (Wildman–Crippen LogP) is 24.8. The molecular weight excluding hydrogens is 1390 g/mol. The lowest BCUT2D eigenvalue weighted by atomic mass is 9.74. The van der Waals surface area contributed by atoms with Gasteiger partial charge in [-0.3, -0.25) is 0 Å². The Balaban J connectivity index is 0.0000000931. The molecule has 22 rings (SSSR count). The Bertz CT molecular complexity index is 6510. The zero-order valence-corrected chi connectivity index (χ0v) is 61.1. The van der Waals surface area contributed by atoms with Gasteiger partial charge in [-0.25, -0.2) is 0 Å². The molecule has 7 nitrogen and oxygen atoms in total. The van der Waals surface area contributed by atoms with Gasteiger partial charge in [0.05, 0.1) is 66.9 Å². The molecule has 5 aromatic heterocycles. The summed E-state index contributed by atoms with van der Waals surface area (Å²) in [5.74, 6) is 0.640. The van der Waals surface area contributed by atoms with E-state index in [9.17, 15) is 0 Å². The predicted molar refractivity (Wildman–Crippen MR) is 439 cm³/mol. The fraction of sp³-hybridized carbons (Fsp3) is 0.0968. The Kier molecular flexibility index (Phi) is 15.4. The van der Waals surface area contributed by atoms with E-state index in [0.29, 0.717) is 5.75 Å². The van der Waals surface area contributed by atoms with Gasteiger partial charge in [0, 0.05) is 90.1 Å². The molecule has 0 unspecified atom stereocenters. The molecule has 497 valence electrons. The van der Waals surface area contributed by atoms with Gasteiger partial charge in [0.2, 0.25) is 0 Å². The number of para-hydroxylation sites is 12. The maximum Gasteiger partial charge on any atom is 0.569 e. The van der Waals surface area contributed by atoms with E-state index < -0.39 is 0 Å². The summed E-state index contributed by atoms with van der Waals surface area (Å²) in [4.78, 5) is 3.38.